The zero-order valence-corrected chi connectivity index (χ0v) is 15.1. The molecule has 0 bridgehead atoms. The summed E-state index contributed by atoms with van der Waals surface area (Å²) >= 11 is 0. The van der Waals surface area contributed by atoms with Crippen molar-refractivity contribution in [1.82, 2.24) is 0 Å². The Morgan fingerprint density at radius 1 is 0.739 bits per heavy atom. The molecule has 1 saturated heterocycles. The van der Waals surface area contributed by atoms with E-state index < -0.39 is 0 Å². The lowest BCUT2D eigenvalue weighted by atomic mass is 9.45. The van der Waals surface area contributed by atoms with Crippen molar-refractivity contribution in [1.29, 1.82) is 0 Å². The summed E-state index contributed by atoms with van der Waals surface area (Å²) in [5.41, 5.74) is 0.929. The minimum Gasteiger partial charge on any atom is -0.347 e. The van der Waals surface area contributed by atoms with Crippen molar-refractivity contribution in [2.24, 2.45) is 34.5 Å². The predicted octanol–water partition coefficient (Wildman–Crippen LogP) is 5.16. The number of hydrogen-bond donors (Lipinski definition) is 0. The highest BCUT2D eigenvalue weighted by atomic mass is 16.7. The molecule has 2 nitrogen and oxygen atoms in total. The molecule has 1 aliphatic heterocycles. The number of fused-ring (bicyclic) bond motifs is 6. The summed E-state index contributed by atoms with van der Waals surface area (Å²) in [5.74, 6) is 3.58. The van der Waals surface area contributed by atoms with Gasteiger partial charge in [0.15, 0.2) is 5.79 Å². The van der Waals surface area contributed by atoms with Gasteiger partial charge in [0.1, 0.15) is 0 Å². The Hall–Kier alpha value is -0.0800. The molecule has 4 aliphatic carbocycles. The molecule has 1 heterocycles. The number of rotatable bonds is 0. The molecule has 0 aromatic carbocycles. The van der Waals surface area contributed by atoms with Crippen molar-refractivity contribution in [3.05, 3.63) is 0 Å². The van der Waals surface area contributed by atoms with E-state index in [1.54, 1.807) is 0 Å². The summed E-state index contributed by atoms with van der Waals surface area (Å²) < 4.78 is 12.5. The van der Waals surface area contributed by atoms with Gasteiger partial charge >= 0.3 is 0 Å². The molecular weight excluding hydrogens is 284 g/mol. The summed E-state index contributed by atoms with van der Waals surface area (Å²) in [6.45, 7) is 6.82. The van der Waals surface area contributed by atoms with Gasteiger partial charge in [-0.25, -0.2) is 0 Å². The molecule has 5 fully saturated rings. The summed E-state index contributed by atoms with van der Waals surface area (Å²) in [5, 5.41) is 0. The highest BCUT2D eigenvalue weighted by Gasteiger charge is 2.66. The van der Waals surface area contributed by atoms with Crippen LogP contribution in [0.5, 0.6) is 0 Å². The molecular formula is C21H34O2. The first-order chi connectivity index (χ1) is 11.1. The standard InChI is InChI=1S/C21H34O2/c1-19-10-4-3-5-15(19)6-7-16-17(19)8-11-20(2)18(16)9-12-21(20)22-13-14-23-21/h15-18H,3-14H2,1-2H3/t15-,16+,17-,18+,19-,20+/m0/s1. The van der Waals surface area contributed by atoms with Crippen LogP contribution in [0.3, 0.4) is 0 Å². The Morgan fingerprint density at radius 3 is 2.35 bits per heavy atom. The number of hydrogen-bond acceptors (Lipinski definition) is 2. The van der Waals surface area contributed by atoms with E-state index in [1.807, 2.05) is 0 Å². The zero-order valence-electron chi connectivity index (χ0n) is 15.1. The second-order valence-electron chi connectivity index (χ2n) is 9.85. The van der Waals surface area contributed by atoms with Gasteiger partial charge in [-0.05, 0) is 74.0 Å². The maximum absolute atomic E-state index is 6.26. The Kier molecular flexibility index (Phi) is 3.29. The molecule has 5 aliphatic rings. The molecule has 0 unspecified atom stereocenters. The van der Waals surface area contributed by atoms with Crippen LogP contribution in [0.25, 0.3) is 0 Å². The van der Waals surface area contributed by atoms with Crippen LogP contribution in [0.1, 0.15) is 78.1 Å². The minimum absolute atomic E-state index is 0.215. The van der Waals surface area contributed by atoms with Crippen molar-refractivity contribution in [2.45, 2.75) is 83.8 Å². The van der Waals surface area contributed by atoms with E-state index in [9.17, 15) is 0 Å². The molecule has 0 N–H and O–H groups in total. The molecule has 0 amide bonds. The first-order valence-electron chi connectivity index (χ1n) is 10.4. The van der Waals surface area contributed by atoms with Crippen molar-refractivity contribution < 1.29 is 9.47 Å². The second-order valence-corrected chi connectivity index (χ2v) is 9.85. The van der Waals surface area contributed by atoms with Gasteiger partial charge in [0.25, 0.3) is 0 Å². The van der Waals surface area contributed by atoms with E-state index in [4.69, 9.17) is 9.47 Å². The molecule has 130 valence electrons. The van der Waals surface area contributed by atoms with E-state index >= 15 is 0 Å². The quantitative estimate of drug-likeness (QED) is 0.614. The van der Waals surface area contributed by atoms with Crippen molar-refractivity contribution in [3.8, 4) is 0 Å². The third kappa shape index (κ3) is 1.83. The van der Waals surface area contributed by atoms with Crippen LogP contribution in [0.15, 0.2) is 0 Å². The van der Waals surface area contributed by atoms with Crippen LogP contribution in [-0.2, 0) is 9.47 Å². The lowest BCUT2D eigenvalue weighted by molar-refractivity contribution is -0.247. The molecule has 23 heavy (non-hydrogen) atoms. The third-order valence-corrected chi connectivity index (χ3v) is 9.38. The molecule has 2 heteroatoms. The number of ether oxygens (including phenoxy) is 2. The first kappa shape index (κ1) is 15.2. The lowest BCUT2D eigenvalue weighted by Crippen LogP contribution is -2.56. The van der Waals surface area contributed by atoms with Gasteiger partial charge in [-0.15, -0.1) is 0 Å². The normalized spacial score (nSPS) is 54.5. The van der Waals surface area contributed by atoms with Gasteiger partial charge in [-0.2, -0.15) is 0 Å². The summed E-state index contributed by atoms with van der Waals surface area (Å²) in [6.07, 6.45) is 14.2. The van der Waals surface area contributed by atoms with Crippen molar-refractivity contribution in [2.75, 3.05) is 13.2 Å². The lowest BCUT2D eigenvalue weighted by Gasteiger charge is -2.61. The third-order valence-electron chi connectivity index (χ3n) is 9.38. The maximum atomic E-state index is 6.26. The van der Waals surface area contributed by atoms with Gasteiger partial charge in [-0.3, -0.25) is 0 Å². The smallest absolute Gasteiger partial charge is 0.174 e. The molecule has 0 radical (unpaired) electrons. The zero-order chi connectivity index (χ0) is 15.7. The molecule has 0 aromatic heterocycles. The van der Waals surface area contributed by atoms with Crippen LogP contribution in [-0.4, -0.2) is 19.0 Å². The first-order valence-corrected chi connectivity index (χ1v) is 10.4. The maximum Gasteiger partial charge on any atom is 0.174 e. The molecule has 0 aromatic rings. The predicted molar refractivity (Wildman–Crippen MR) is 91.0 cm³/mol. The Labute approximate surface area is 141 Å². The fourth-order valence-electron chi connectivity index (χ4n) is 8.18. The van der Waals surface area contributed by atoms with Crippen LogP contribution in [0.4, 0.5) is 0 Å². The van der Waals surface area contributed by atoms with Gasteiger partial charge < -0.3 is 9.47 Å². The Balaban J connectivity index is 1.47. The van der Waals surface area contributed by atoms with E-state index in [-0.39, 0.29) is 11.2 Å². The van der Waals surface area contributed by atoms with E-state index in [1.165, 1.54) is 57.8 Å². The largest absolute Gasteiger partial charge is 0.347 e. The van der Waals surface area contributed by atoms with E-state index in [0.717, 1.165) is 43.3 Å². The summed E-state index contributed by atoms with van der Waals surface area (Å²) in [6, 6.07) is 0. The van der Waals surface area contributed by atoms with E-state index in [0.29, 0.717) is 5.41 Å². The highest BCUT2D eigenvalue weighted by molar-refractivity contribution is 5.12. The topological polar surface area (TPSA) is 18.5 Å². The van der Waals surface area contributed by atoms with Crippen LogP contribution < -0.4 is 0 Å². The average molecular weight is 319 g/mol. The highest BCUT2D eigenvalue weighted by Crippen LogP contribution is 2.69. The van der Waals surface area contributed by atoms with E-state index in [2.05, 4.69) is 13.8 Å². The fraction of sp³-hybridized carbons (Fsp3) is 1.00. The molecule has 4 saturated carbocycles. The second kappa shape index (κ2) is 4.97. The molecule has 6 atom stereocenters. The van der Waals surface area contributed by atoms with Crippen LogP contribution in [0.2, 0.25) is 0 Å². The van der Waals surface area contributed by atoms with Gasteiger partial charge in [-0.1, -0.05) is 26.7 Å². The van der Waals surface area contributed by atoms with Gasteiger partial charge in [0, 0.05) is 11.8 Å². The SMILES string of the molecule is C[C@]12CCCC[C@H]1CC[C@H]1[C@H]3CCC4(OCCO4)[C@]3(C)CC[C@@H]12. The van der Waals surface area contributed by atoms with Crippen molar-refractivity contribution in [3.63, 3.8) is 0 Å². The Bertz CT molecular complexity index is 482. The van der Waals surface area contributed by atoms with Gasteiger partial charge in [0.2, 0.25) is 0 Å². The fourth-order valence-corrected chi connectivity index (χ4v) is 8.18. The van der Waals surface area contributed by atoms with Gasteiger partial charge in [0.05, 0.1) is 13.2 Å². The van der Waals surface area contributed by atoms with Crippen LogP contribution in [0, 0.1) is 34.5 Å². The summed E-state index contributed by atoms with van der Waals surface area (Å²) in [7, 11) is 0. The summed E-state index contributed by atoms with van der Waals surface area (Å²) in [4.78, 5) is 0. The van der Waals surface area contributed by atoms with Crippen LogP contribution >= 0.6 is 0 Å². The molecule has 1 spiro atoms. The van der Waals surface area contributed by atoms with Crippen molar-refractivity contribution >= 4 is 0 Å². The monoisotopic (exact) mass is 318 g/mol. The average Bonchev–Trinajstić information content (AvgIpc) is 3.14. The molecule has 5 rings (SSSR count). The Morgan fingerprint density at radius 2 is 1.52 bits per heavy atom. The minimum atomic E-state index is -0.215.